The van der Waals surface area contributed by atoms with E-state index in [-0.39, 0.29) is 0 Å². The number of para-hydroxylation sites is 1. The smallest absolute Gasteiger partial charge is 0.321 e. The lowest BCUT2D eigenvalue weighted by atomic mass is 10.0. The normalized spacial score (nSPS) is 12.8. The molecule has 4 heteroatoms. The van der Waals surface area contributed by atoms with Crippen LogP contribution in [-0.2, 0) is 11.2 Å². The molecule has 0 radical (unpaired) electrons. The van der Waals surface area contributed by atoms with E-state index in [1.165, 1.54) is 0 Å². The van der Waals surface area contributed by atoms with E-state index in [4.69, 9.17) is 5.11 Å². The number of H-pyrrole nitrogens is 1. The van der Waals surface area contributed by atoms with E-state index in [0.717, 1.165) is 22.2 Å². The Bertz CT molecular complexity index is 545. The van der Waals surface area contributed by atoms with Crippen molar-refractivity contribution in [2.75, 3.05) is 7.05 Å². The van der Waals surface area contributed by atoms with Crippen LogP contribution in [0.2, 0.25) is 0 Å². The van der Waals surface area contributed by atoms with Crippen LogP contribution in [0.1, 0.15) is 11.3 Å². The molecule has 1 heterocycles. The number of hydrogen-bond acceptors (Lipinski definition) is 2. The molecular formula is C13H16N2O2. The maximum atomic E-state index is 11.0. The van der Waals surface area contributed by atoms with Gasteiger partial charge < -0.3 is 15.4 Å². The van der Waals surface area contributed by atoms with Gasteiger partial charge in [0.05, 0.1) is 0 Å². The molecule has 2 rings (SSSR count). The highest BCUT2D eigenvalue weighted by atomic mass is 16.4. The Morgan fingerprint density at radius 3 is 2.82 bits per heavy atom. The molecule has 0 spiro atoms. The zero-order valence-corrected chi connectivity index (χ0v) is 9.95. The lowest BCUT2D eigenvalue weighted by Gasteiger charge is -2.11. The lowest BCUT2D eigenvalue weighted by Crippen LogP contribution is -2.35. The summed E-state index contributed by atoms with van der Waals surface area (Å²) in [5, 5.41) is 13.0. The quantitative estimate of drug-likeness (QED) is 0.751. The molecule has 90 valence electrons. The van der Waals surface area contributed by atoms with Crippen LogP contribution >= 0.6 is 0 Å². The van der Waals surface area contributed by atoms with E-state index in [2.05, 4.69) is 10.3 Å². The van der Waals surface area contributed by atoms with Gasteiger partial charge in [0.25, 0.3) is 0 Å². The second-order valence-corrected chi connectivity index (χ2v) is 4.16. The van der Waals surface area contributed by atoms with Crippen LogP contribution in [0, 0.1) is 6.92 Å². The van der Waals surface area contributed by atoms with Gasteiger partial charge in [0.15, 0.2) is 0 Å². The van der Waals surface area contributed by atoms with Gasteiger partial charge in [-0.25, -0.2) is 0 Å². The Kier molecular flexibility index (Phi) is 3.15. The van der Waals surface area contributed by atoms with Gasteiger partial charge in [0.1, 0.15) is 6.04 Å². The number of benzene rings is 1. The number of rotatable bonds is 4. The number of nitrogens with one attached hydrogen (secondary N) is 2. The van der Waals surface area contributed by atoms with Crippen molar-refractivity contribution in [3.63, 3.8) is 0 Å². The zero-order chi connectivity index (χ0) is 12.4. The highest BCUT2D eigenvalue weighted by Crippen LogP contribution is 2.23. The molecule has 2 aromatic rings. The van der Waals surface area contributed by atoms with E-state index in [1.807, 2.05) is 31.2 Å². The van der Waals surface area contributed by atoms with Crippen LogP contribution < -0.4 is 5.32 Å². The van der Waals surface area contributed by atoms with Gasteiger partial charge in [0.2, 0.25) is 0 Å². The Morgan fingerprint density at radius 2 is 2.18 bits per heavy atom. The number of aromatic amines is 1. The molecule has 0 unspecified atom stereocenters. The van der Waals surface area contributed by atoms with Crippen molar-refractivity contribution < 1.29 is 9.90 Å². The minimum absolute atomic E-state index is 0.488. The average Bonchev–Trinajstić information content (AvgIpc) is 2.61. The van der Waals surface area contributed by atoms with Crippen LogP contribution in [0.25, 0.3) is 10.9 Å². The number of aryl methyl sites for hydroxylation is 1. The van der Waals surface area contributed by atoms with Gasteiger partial charge in [-0.05, 0) is 25.6 Å². The van der Waals surface area contributed by atoms with Crippen molar-refractivity contribution in [1.82, 2.24) is 10.3 Å². The Balaban J connectivity index is 2.41. The Labute approximate surface area is 99.7 Å². The largest absolute Gasteiger partial charge is 0.480 e. The number of likely N-dealkylation sites (N-methyl/N-ethyl adjacent to an activating group) is 1. The maximum Gasteiger partial charge on any atom is 0.321 e. The Morgan fingerprint density at radius 1 is 1.47 bits per heavy atom. The number of carboxylic acids is 1. The summed E-state index contributed by atoms with van der Waals surface area (Å²) in [7, 11) is 1.67. The van der Waals surface area contributed by atoms with Gasteiger partial charge in [0, 0.05) is 23.0 Å². The summed E-state index contributed by atoms with van der Waals surface area (Å²) in [5.74, 6) is -0.822. The minimum atomic E-state index is -0.822. The number of hydrogen-bond donors (Lipinski definition) is 3. The van der Waals surface area contributed by atoms with Crippen molar-refractivity contribution in [3.8, 4) is 0 Å². The molecular weight excluding hydrogens is 216 g/mol. The van der Waals surface area contributed by atoms with Gasteiger partial charge in [-0.1, -0.05) is 18.2 Å². The van der Waals surface area contributed by atoms with Gasteiger partial charge in [-0.2, -0.15) is 0 Å². The molecule has 0 bridgehead atoms. The molecule has 4 nitrogen and oxygen atoms in total. The van der Waals surface area contributed by atoms with E-state index >= 15 is 0 Å². The lowest BCUT2D eigenvalue weighted by molar-refractivity contribution is -0.139. The fourth-order valence-corrected chi connectivity index (χ4v) is 2.11. The summed E-state index contributed by atoms with van der Waals surface area (Å²) in [6.45, 7) is 1.98. The average molecular weight is 232 g/mol. The summed E-state index contributed by atoms with van der Waals surface area (Å²) in [5.41, 5.74) is 3.16. The van der Waals surface area contributed by atoms with Crippen molar-refractivity contribution in [1.29, 1.82) is 0 Å². The highest BCUT2D eigenvalue weighted by Gasteiger charge is 2.18. The fraction of sp³-hybridized carbons (Fsp3) is 0.308. The van der Waals surface area contributed by atoms with Gasteiger partial charge in [-0.15, -0.1) is 0 Å². The number of aliphatic carboxylic acids is 1. The van der Waals surface area contributed by atoms with Crippen LogP contribution in [0.15, 0.2) is 24.3 Å². The molecule has 1 atom stereocenters. The van der Waals surface area contributed by atoms with E-state index in [9.17, 15) is 4.79 Å². The third-order valence-corrected chi connectivity index (χ3v) is 3.08. The predicted octanol–water partition coefficient (Wildman–Crippen LogP) is 1.69. The predicted molar refractivity (Wildman–Crippen MR) is 67.2 cm³/mol. The molecule has 0 aliphatic carbocycles. The molecule has 0 saturated carbocycles. The molecule has 3 N–H and O–H groups in total. The summed E-state index contributed by atoms with van der Waals surface area (Å²) >= 11 is 0. The van der Waals surface area contributed by atoms with Gasteiger partial charge in [-0.3, -0.25) is 4.79 Å². The number of carboxylic acid groups (broad SMARTS) is 1. The summed E-state index contributed by atoms with van der Waals surface area (Å²) in [4.78, 5) is 14.3. The molecule has 1 aromatic carbocycles. The fourth-order valence-electron chi connectivity index (χ4n) is 2.11. The first-order valence-corrected chi connectivity index (χ1v) is 5.59. The van der Waals surface area contributed by atoms with Crippen molar-refractivity contribution in [2.45, 2.75) is 19.4 Å². The standard InChI is InChI=1S/C13H16N2O2/c1-8-10(7-12(14-2)13(16)17)9-5-3-4-6-11(9)15-8/h3-6,12,14-15H,7H2,1-2H3,(H,16,17)/t12-/m0/s1. The molecule has 0 aliphatic heterocycles. The second kappa shape index (κ2) is 4.59. The molecule has 0 aliphatic rings. The summed E-state index contributed by atoms with van der Waals surface area (Å²) in [6.07, 6.45) is 0.488. The highest BCUT2D eigenvalue weighted by molar-refractivity contribution is 5.85. The monoisotopic (exact) mass is 232 g/mol. The minimum Gasteiger partial charge on any atom is -0.480 e. The topological polar surface area (TPSA) is 65.1 Å². The second-order valence-electron chi connectivity index (χ2n) is 4.16. The van der Waals surface area contributed by atoms with E-state index in [0.29, 0.717) is 6.42 Å². The van der Waals surface area contributed by atoms with Gasteiger partial charge >= 0.3 is 5.97 Å². The van der Waals surface area contributed by atoms with Crippen LogP contribution in [0.4, 0.5) is 0 Å². The van der Waals surface area contributed by atoms with Crippen molar-refractivity contribution in [3.05, 3.63) is 35.5 Å². The van der Waals surface area contributed by atoms with Crippen LogP contribution in [-0.4, -0.2) is 29.1 Å². The number of fused-ring (bicyclic) bond motifs is 1. The van der Waals surface area contributed by atoms with Crippen LogP contribution in [0.3, 0.4) is 0 Å². The molecule has 1 aromatic heterocycles. The summed E-state index contributed by atoms with van der Waals surface area (Å²) in [6, 6.07) is 7.40. The SMILES string of the molecule is CN[C@@H](Cc1c(C)[nH]c2ccccc12)C(=O)O. The molecule has 17 heavy (non-hydrogen) atoms. The first-order valence-electron chi connectivity index (χ1n) is 5.59. The van der Waals surface area contributed by atoms with Crippen molar-refractivity contribution >= 4 is 16.9 Å². The Hall–Kier alpha value is -1.81. The first kappa shape index (κ1) is 11.7. The molecule has 0 saturated heterocycles. The third-order valence-electron chi connectivity index (χ3n) is 3.08. The number of carbonyl (C=O) groups is 1. The van der Waals surface area contributed by atoms with Crippen molar-refractivity contribution in [2.24, 2.45) is 0 Å². The third kappa shape index (κ3) is 2.17. The first-order chi connectivity index (χ1) is 8.13. The maximum absolute atomic E-state index is 11.0. The summed E-state index contributed by atoms with van der Waals surface area (Å²) < 4.78 is 0. The number of aromatic nitrogens is 1. The molecule has 0 fully saturated rings. The van der Waals surface area contributed by atoms with Crippen LogP contribution in [0.5, 0.6) is 0 Å². The zero-order valence-electron chi connectivity index (χ0n) is 9.95. The van der Waals surface area contributed by atoms with E-state index in [1.54, 1.807) is 7.05 Å². The molecule has 0 amide bonds. The van der Waals surface area contributed by atoms with E-state index < -0.39 is 12.0 Å².